The smallest absolute Gasteiger partial charge is 0.271 e. The van der Waals surface area contributed by atoms with Gasteiger partial charge in [0.25, 0.3) is 17.4 Å². The molecule has 2 atom stereocenters. The van der Waals surface area contributed by atoms with Gasteiger partial charge in [0.1, 0.15) is 6.04 Å². The van der Waals surface area contributed by atoms with Crippen LogP contribution in [0, 0.1) is 5.92 Å². The third kappa shape index (κ3) is 5.63. The molecule has 1 aromatic carbocycles. The van der Waals surface area contributed by atoms with E-state index in [-0.39, 0.29) is 17.2 Å². The van der Waals surface area contributed by atoms with Crippen molar-refractivity contribution in [1.29, 1.82) is 0 Å². The van der Waals surface area contributed by atoms with Gasteiger partial charge >= 0.3 is 0 Å². The summed E-state index contributed by atoms with van der Waals surface area (Å²) in [6.45, 7) is 5.76. The third-order valence-electron chi connectivity index (χ3n) is 4.65. The van der Waals surface area contributed by atoms with Gasteiger partial charge in [0.15, 0.2) is 5.69 Å². The Bertz CT molecular complexity index is 1100. The van der Waals surface area contributed by atoms with E-state index in [2.05, 4.69) is 20.7 Å². The molecule has 2 aromatic rings. The SMILES string of the molecule is CCCn1nc(C(=O)NNC(=O)[C@@H](NS(C)(=O)=O)[C@@H](C)CC)c2ccccc2c1=O. The van der Waals surface area contributed by atoms with Gasteiger partial charge in [0, 0.05) is 11.9 Å². The lowest BCUT2D eigenvalue weighted by atomic mass is 10.00. The fraction of sp³-hybridized carbons (Fsp3) is 0.474. The van der Waals surface area contributed by atoms with Crippen molar-refractivity contribution in [1.82, 2.24) is 25.4 Å². The number of hydrogen-bond acceptors (Lipinski definition) is 6. The number of hydrazine groups is 1. The maximum Gasteiger partial charge on any atom is 0.290 e. The quantitative estimate of drug-likeness (QED) is 0.515. The number of nitrogens with zero attached hydrogens (tertiary/aromatic N) is 2. The van der Waals surface area contributed by atoms with Gasteiger partial charge in [-0.1, -0.05) is 45.4 Å². The molecular formula is C19H27N5O5S. The molecule has 10 nitrogen and oxygen atoms in total. The van der Waals surface area contributed by atoms with Crippen molar-refractivity contribution in [2.45, 2.75) is 46.2 Å². The van der Waals surface area contributed by atoms with Crippen LogP contribution in [-0.2, 0) is 21.4 Å². The Hall–Kier alpha value is -2.79. The first-order valence-electron chi connectivity index (χ1n) is 9.66. The van der Waals surface area contributed by atoms with Gasteiger partial charge in [-0.25, -0.2) is 17.8 Å². The van der Waals surface area contributed by atoms with Gasteiger partial charge < -0.3 is 0 Å². The van der Waals surface area contributed by atoms with Gasteiger partial charge in [-0.2, -0.15) is 5.10 Å². The highest BCUT2D eigenvalue weighted by atomic mass is 32.2. The summed E-state index contributed by atoms with van der Waals surface area (Å²) in [5.74, 6) is -1.72. The molecule has 11 heteroatoms. The van der Waals surface area contributed by atoms with Crippen molar-refractivity contribution in [3.8, 4) is 0 Å². The molecule has 0 aliphatic carbocycles. The molecular weight excluding hydrogens is 410 g/mol. The second-order valence-corrected chi connectivity index (χ2v) is 8.90. The highest BCUT2D eigenvalue weighted by Gasteiger charge is 2.28. The molecule has 0 saturated heterocycles. The zero-order valence-electron chi connectivity index (χ0n) is 17.4. The minimum absolute atomic E-state index is 0.0184. The standard InChI is InChI=1S/C19H27N5O5S/c1-5-11-24-19(27)14-10-8-7-9-13(14)16(22-24)18(26)21-20-17(25)15(12(3)6-2)23-30(4,28)29/h7-10,12,15,23H,5-6,11H2,1-4H3,(H,20,25)(H,21,26)/t12-,15-/m0/s1. The predicted octanol–water partition coefficient (Wildman–Crippen LogP) is 0.531. The second-order valence-electron chi connectivity index (χ2n) is 7.12. The van der Waals surface area contributed by atoms with E-state index in [9.17, 15) is 22.8 Å². The van der Waals surface area contributed by atoms with Crippen LogP contribution in [0.1, 0.15) is 44.1 Å². The molecule has 2 rings (SSSR count). The van der Waals surface area contributed by atoms with E-state index in [0.29, 0.717) is 30.2 Å². The summed E-state index contributed by atoms with van der Waals surface area (Å²) in [6, 6.07) is 5.53. The molecule has 0 aliphatic heterocycles. The molecule has 0 spiro atoms. The number of aromatic nitrogens is 2. The number of amides is 2. The zero-order valence-corrected chi connectivity index (χ0v) is 18.2. The van der Waals surface area contributed by atoms with E-state index in [0.717, 1.165) is 6.26 Å². The van der Waals surface area contributed by atoms with Gasteiger partial charge in [-0.15, -0.1) is 0 Å². The van der Waals surface area contributed by atoms with Gasteiger partial charge in [-0.05, 0) is 18.4 Å². The van der Waals surface area contributed by atoms with Crippen molar-refractivity contribution in [3.05, 3.63) is 40.3 Å². The average molecular weight is 438 g/mol. The first-order chi connectivity index (χ1) is 14.1. The fourth-order valence-corrected chi connectivity index (χ4v) is 3.72. The van der Waals surface area contributed by atoms with Crippen LogP contribution in [0.15, 0.2) is 29.1 Å². The first kappa shape index (κ1) is 23.5. The van der Waals surface area contributed by atoms with Crippen LogP contribution in [-0.4, -0.2) is 42.3 Å². The van der Waals surface area contributed by atoms with Crippen LogP contribution in [0.5, 0.6) is 0 Å². The van der Waals surface area contributed by atoms with Gasteiger partial charge in [-0.3, -0.25) is 25.2 Å². The molecule has 0 radical (unpaired) electrons. The number of nitrogens with one attached hydrogen (secondary N) is 3. The molecule has 30 heavy (non-hydrogen) atoms. The summed E-state index contributed by atoms with van der Waals surface area (Å²) in [5, 5.41) is 4.85. The third-order valence-corrected chi connectivity index (χ3v) is 5.34. The maximum absolute atomic E-state index is 12.7. The molecule has 0 saturated carbocycles. The number of benzene rings is 1. The van der Waals surface area contributed by atoms with E-state index in [1.165, 1.54) is 4.68 Å². The maximum atomic E-state index is 12.7. The summed E-state index contributed by atoms with van der Waals surface area (Å²) in [7, 11) is -3.63. The van der Waals surface area contributed by atoms with Gasteiger partial charge in [0.2, 0.25) is 10.0 Å². The molecule has 0 aliphatic rings. The number of sulfonamides is 1. The van der Waals surface area contributed by atoms with Crippen LogP contribution in [0.2, 0.25) is 0 Å². The number of fused-ring (bicyclic) bond motifs is 1. The number of rotatable bonds is 8. The number of carbonyl (C=O) groups is 2. The lowest BCUT2D eigenvalue weighted by Crippen LogP contribution is -2.54. The van der Waals surface area contributed by atoms with E-state index in [4.69, 9.17) is 0 Å². The Morgan fingerprint density at radius 1 is 1.13 bits per heavy atom. The first-order valence-corrected chi connectivity index (χ1v) is 11.6. The second kappa shape index (κ2) is 9.81. The number of aryl methyl sites for hydroxylation is 1. The van der Waals surface area contributed by atoms with Crippen LogP contribution < -0.4 is 21.1 Å². The summed E-state index contributed by atoms with van der Waals surface area (Å²) in [4.78, 5) is 37.8. The molecule has 0 unspecified atom stereocenters. The van der Waals surface area contributed by atoms with Crippen LogP contribution in [0.4, 0.5) is 0 Å². The molecule has 1 aromatic heterocycles. The summed E-state index contributed by atoms with van der Waals surface area (Å²) in [6.07, 6.45) is 2.15. The van der Waals surface area contributed by atoms with E-state index < -0.39 is 27.9 Å². The van der Waals surface area contributed by atoms with Gasteiger partial charge in [0.05, 0.1) is 11.6 Å². The summed E-state index contributed by atoms with van der Waals surface area (Å²) < 4.78 is 26.7. The van der Waals surface area contributed by atoms with E-state index in [1.807, 2.05) is 13.8 Å². The van der Waals surface area contributed by atoms with Crippen molar-refractivity contribution in [3.63, 3.8) is 0 Å². The predicted molar refractivity (Wildman–Crippen MR) is 113 cm³/mol. The zero-order chi connectivity index (χ0) is 22.5. The fourth-order valence-electron chi connectivity index (χ4n) is 2.92. The topological polar surface area (TPSA) is 139 Å². The molecule has 0 bridgehead atoms. The van der Waals surface area contributed by atoms with Crippen molar-refractivity contribution in [2.24, 2.45) is 5.92 Å². The highest BCUT2D eigenvalue weighted by molar-refractivity contribution is 7.88. The van der Waals surface area contributed by atoms with Crippen LogP contribution in [0.3, 0.4) is 0 Å². The molecule has 0 fully saturated rings. The Morgan fingerprint density at radius 3 is 2.33 bits per heavy atom. The highest BCUT2D eigenvalue weighted by Crippen LogP contribution is 2.13. The Kier molecular flexibility index (Phi) is 7.68. The summed E-state index contributed by atoms with van der Waals surface area (Å²) >= 11 is 0. The molecule has 164 valence electrons. The lowest BCUT2D eigenvalue weighted by molar-refractivity contribution is -0.124. The molecule has 3 N–H and O–H groups in total. The Balaban J connectivity index is 2.29. The Labute approximate surface area is 175 Å². The monoisotopic (exact) mass is 437 g/mol. The molecule has 2 amide bonds. The minimum Gasteiger partial charge on any atom is -0.271 e. The minimum atomic E-state index is -3.63. The number of carbonyl (C=O) groups excluding carboxylic acids is 2. The van der Waals surface area contributed by atoms with E-state index >= 15 is 0 Å². The van der Waals surface area contributed by atoms with Crippen molar-refractivity contribution in [2.75, 3.05) is 6.26 Å². The Morgan fingerprint density at radius 2 is 1.77 bits per heavy atom. The summed E-state index contributed by atoms with van der Waals surface area (Å²) in [5.41, 5.74) is 4.21. The van der Waals surface area contributed by atoms with Crippen molar-refractivity contribution >= 4 is 32.6 Å². The number of hydrogen-bond donors (Lipinski definition) is 3. The van der Waals surface area contributed by atoms with Crippen LogP contribution in [0.25, 0.3) is 10.8 Å². The van der Waals surface area contributed by atoms with Crippen LogP contribution >= 0.6 is 0 Å². The lowest BCUT2D eigenvalue weighted by Gasteiger charge is -2.22. The van der Waals surface area contributed by atoms with Crippen molar-refractivity contribution < 1.29 is 18.0 Å². The normalized spacial score (nSPS) is 13.6. The average Bonchev–Trinajstić information content (AvgIpc) is 2.71. The molecule has 1 heterocycles. The largest absolute Gasteiger partial charge is 0.290 e. The van der Waals surface area contributed by atoms with E-state index in [1.54, 1.807) is 31.2 Å².